The van der Waals surface area contributed by atoms with Crippen LogP contribution in [0.2, 0.25) is 0 Å². The molecule has 4 aromatic rings. The van der Waals surface area contributed by atoms with E-state index in [9.17, 15) is 18.8 Å². The highest BCUT2D eigenvalue weighted by Gasteiger charge is 2.47. The number of aliphatic hydroxyl groups is 1. The molecule has 1 amide bonds. The number of methoxy groups -OCH3 is 1. The van der Waals surface area contributed by atoms with Gasteiger partial charge < -0.3 is 34.1 Å². The van der Waals surface area contributed by atoms with Crippen molar-refractivity contribution in [3.63, 3.8) is 0 Å². The maximum atomic E-state index is 14.9. The number of nitrogens with zero attached hydrogens (tertiary/aromatic N) is 6. The Morgan fingerprint density at radius 2 is 1.88 bits per heavy atom. The fourth-order valence-corrected chi connectivity index (χ4v) is 6.59. The molecular weight excluding hydrogens is 624 g/mol. The van der Waals surface area contributed by atoms with Crippen molar-refractivity contribution in [2.75, 3.05) is 71.1 Å². The third-order valence-corrected chi connectivity index (χ3v) is 9.37. The summed E-state index contributed by atoms with van der Waals surface area (Å²) in [7, 11) is 1.67. The van der Waals surface area contributed by atoms with Gasteiger partial charge in [-0.2, -0.15) is 5.26 Å². The predicted octanol–water partition coefficient (Wildman–Crippen LogP) is 3.30. The summed E-state index contributed by atoms with van der Waals surface area (Å²) in [6, 6.07) is 15.3. The number of amides is 1. The maximum Gasteiger partial charge on any atom is 0.301 e. The van der Waals surface area contributed by atoms with Crippen LogP contribution in [0.3, 0.4) is 0 Å². The van der Waals surface area contributed by atoms with Crippen molar-refractivity contribution in [3.8, 4) is 40.1 Å². The third kappa shape index (κ3) is 6.00. The number of alkyl halides is 2. The van der Waals surface area contributed by atoms with Crippen LogP contribution in [-0.4, -0.2) is 120 Å². The smallest absolute Gasteiger partial charge is 0.301 e. The number of piperazine rings is 1. The number of aromatic nitrogens is 3. The normalized spacial score (nSPS) is 19.9. The van der Waals surface area contributed by atoms with Crippen LogP contribution in [0.5, 0.6) is 11.5 Å². The van der Waals surface area contributed by atoms with E-state index in [0.29, 0.717) is 22.9 Å². The number of anilines is 1. The zero-order valence-electron chi connectivity index (χ0n) is 26.4. The highest BCUT2D eigenvalue weighted by molar-refractivity contribution is 5.94. The summed E-state index contributed by atoms with van der Waals surface area (Å²) >= 11 is 0. The van der Waals surface area contributed by atoms with Gasteiger partial charge in [0.25, 0.3) is 0 Å². The van der Waals surface area contributed by atoms with Crippen molar-refractivity contribution in [3.05, 3.63) is 54.4 Å². The molecule has 3 fully saturated rings. The molecule has 2 N–H and O–H groups in total. The minimum atomic E-state index is -3.37. The number of benzene rings is 2. The summed E-state index contributed by atoms with van der Waals surface area (Å²) in [5.41, 5.74) is 4.56. The quantitative estimate of drug-likeness (QED) is 0.290. The predicted molar refractivity (Wildman–Crippen MR) is 172 cm³/mol. The first-order valence-corrected chi connectivity index (χ1v) is 15.8. The summed E-state index contributed by atoms with van der Waals surface area (Å²) < 4.78 is 46.6. The standard InChI is InChI=1S/C34H35F2N7O5/c1-46-29-13-21(2-4-27(29)42-10-8-41(9-11-42)24-17-47-18-24)26-14-25-32(38-20-39-33(25)40-26)22-3-5-28(23(12-22)15-37)48-30-6-7-43(31(45)16-44)19-34(30,35)36/h2-5,12-14,20,24,30,44H,6-11,16-19H2,1H3,(H,38,39,40). The summed E-state index contributed by atoms with van der Waals surface area (Å²) in [6.45, 7) is 3.68. The molecule has 0 aliphatic carbocycles. The van der Waals surface area contributed by atoms with Gasteiger partial charge in [-0.15, -0.1) is 0 Å². The molecule has 0 saturated carbocycles. The number of halogens is 2. The topological polar surface area (TPSA) is 140 Å². The van der Waals surface area contributed by atoms with Crippen molar-refractivity contribution in [2.24, 2.45) is 0 Å². The Balaban J connectivity index is 1.11. The molecule has 14 heteroatoms. The highest BCUT2D eigenvalue weighted by atomic mass is 19.3. The lowest BCUT2D eigenvalue weighted by Gasteiger charge is -2.43. The molecule has 3 saturated heterocycles. The lowest BCUT2D eigenvalue weighted by molar-refractivity contribution is -0.161. The van der Waals surface area contributed by atoms with Crippen LogP contribution >= 0.6 is 0 Å². The first-order chi connectivity index (χ1) is 23.3. The Kier molecular flexibility index (Phi) is 8.59. The van der Waals surface area contributed by atoms with Gasteiger partial charge in [-0.1, -0.05) is 6.07 Å². The summed E-state index contributed by atoms with van der Waals surface area (Å²) in [5.74, 6) is -3.35. The van der Waals surface area contributed by atoms with E-state index >= 15 is 0 Å². The molecule has 250 valence electrons. The van der Waals surface area contributed by atoms with E-state index in [-0.39, 0.29) is 24.3 Å². The van der Waals surface area contributed by atoms with Gasteiger partial charge in [0.15, 0.2) is 6.10 Å². The molecular formula is C34H35F2N7O5. The van der Waals surface area contributed by atoms with Crippen molar-refractivity contribution in [1.82, 2.24) is 24.8 Å². The van der Waals surface area contributed by atoms with Crippen LogP contribution < -0.4 is 14.4 Å². The number of nitriles is 1. The molecule has 3 aliphatic rings. The van der Waals surface area contributed by atoms with E-state index in [1.165, 1.54) is 12.4 Å². The molecule has 2 aromatic heterocycles. The number of hydrogen-bond donors (Lipinski definition) is 2. The third-order valence-electron chi connectivity index (χ3n) is 9.37. The number of likely N-dealkylation sites (tertiary alicyclic amines) is 1. The Labute approximate surface area is 275 Å². The SMILES string of the molecule is COc1cc(-c2cc3c(-c4ccc(OC5CCN(C(=O)CO)CC5(F)F)c(C#N)c4)ncnc3[nH]2)ccc1N1CCN(C2COC2)CC1. The number of fused-ring (bicyclic) bond motifs is 1. The van der Waals surface area contributed by atoms with Crippen LogP contribution in [0.15, 0.2) is 48.8 Å². The van der Waals surface area contributed by atoms with E-state index in [1.807, 2.05) is 18.2 Å². The van der Waals surface area contributed by atoms with E-state index in [0.717, 1.165) is 72.4 Å². The lowest BCUT2D eigenvalue weighted by atomic mass is 10.0. The zero-order chi connectivity index (χ0) is 33.4. The average Bonchev–Trinajstić information content (AvgIpc) is 3.53. The molecule has 2 aromatic carbocycles. The molecule has 48 heavy (non-hydrogen) atoms. The molecule has 12 nitrogen and oxygen atoms in total. The minimum absolute atomic E-state index is 0.0104. The van der Waals surface area contributed by atoms with E-state index in [4.69, 9.17) is 19.3 Å². The first kappa shape index (κ1) is 31.7. The van der Waals surface area contributed by atoms with Gasteiger partial charge in [-0.3, -0.25) is 9.69 Å². The molecule has 3 aliphatic heterocycles. The summed E-state index contributed by atoms with van der Waals surface area (Å²) in [6.07, 6.45) is -0.260. The monoisotopic (exact) mass is 659 g/mol. The van der Waals surface area contributed by atoms with Gasteiger partial charge in [0.2, 0.25) is 5.91 Å². The van der Waals surface area contributed by atoms with E-state index in [2.05, 4.69) is 36.9 Å². The number of H-pyrrole nitrogens is 1. The van der Waals surface area contributed by atoms with Crippen molar-refractivity contribution in [2.45, 2.75) is 24.5 Å². The number of aromatic amines is 1. The Hall–Kier alpha value is -4.84. The van der Waals surface area contributed by atoms with Gasteiger partial charge >= 0.3 is 5.92 Å². The van der Waals surface area contributed by atoms with Gasteiger partial charge in [0.1, 0.15) is 36.1 Å². The molecule has 1 unspecified atom stereocenters. The molecule has 0 bridgehead atoms. The average molecular weight is 660 g/mol. The number of aliphatic hydroxyl groups excluding tert-OH is 1. The number of ether oxygens (including phenoxy) is 3. The zero-order valence-corrected chi connectivity index (χ0v) is 26.4. The minimum Gasteiger partial charge on any atom is -0.495 e. The molecule has 5 heterocycles. The summed E-state index contributed by atoms with van der Waals surface area (Å²) in [5, 5.41) is 19.7. The summed E-state index contributed by atoms with van der Waals surface area (Å²) in [4.78, 5) is 29.8. The Morgan fingerprint density at radius 1 is 1.08 bits per heavy atom. The van der Waals surface area contributed by atoms with Gasteiger partial charge in [0.05, 0.1) is 49.9 Å². The molecule has 7 rings (SSSR count). The molecule has 0 radical (unpaired) electrons. The van der Waals surface area contributed by atoms with Gasteiger partial charge in [0, 0.05) is 61.4 Å². The van der Waals surface area contributed by atoms with Crippen LogP contribution in [0.1, 0.15) is 12.0 Å². The van der Waals surface area contributed by atoms with Crippen LogP contribution in [0.4, 0.5) is 14.5 Å². The van der Waals surface area contributed by atoms with Crippen molar-refractivity contribution in [1.29, 1.82) is 5.26 Å². The largest absolute Gasteiger partial charge is 0.495 e. The van der Waals surface area contributed by atoms with E-state index < -0.39 is 31.1 Å². The second-order valence-corrected chi connectivity index (χ2v) is 12.2. The molecule has 0 spiro atoms. The first-order valence-electron chi connectivity index (χ1n) is 15.8. The highest BCUT2D eigenvalue weighted by Crippen LogP contribution is 2.38. The van der Waals surface area contributed by atoms with Crippen molar-refractivity contribution >= 4 is 22.6 Å². The van der Waals surface area contributed by atoms with E-state index in [1.54, 1.807) is 19.2 Å². The Morgan fingerprint density at radius 3 is 2.56 bits per heavy atom. The fraction of sp³-hybridized carbons (Fsp3) is 0.412. The molecule has 1 atom stereocenters. The van der Waals surface area contributed by atoms with Crippen LogP contribution in [-0.2, 0) is 9.53 Å². The Bertz CT molecular complexity index is 1870. The van der Waals surface area contributed by atoms with Crippen LogP contribution in [0, 0.1) is 11.3 Å². The number of carbonyl (C=O) groups excluding carboxylic acids is 1. The second kappa shape index (κ2) is 13.0. The number of nitrogens with one attached hydrogen (secondary N) is 1. The maximum absolute atomic E-state index is 14.9. The number of carbonyl (C=O) groups is 1. The number of piperidine rings is 1. The lowest BCUT2D eigenvalue weighted by Crippen LogP contribution is -2.56. The number of hydrogen-bond acceptors (Lipinski definition) is 10. The second-order valence-electron chi connectivity index (χ2n) is 12.2. The van der Waals surface area contributed by atoms with Gasteiger partial charge in [-0.05, 0) is 36.4 Å². The fourth-order valence-electron chi connectivity index (χ4n) is 6.59. The number of rotatable bonds is 8. The van der Waals surface area contributed by atoms with Gasteiger partial charge in [-0.25, -0.2) is 18.7 Å². The van der Waals surface area contributed by atoms with Crippen LogP contribution in [0.25, 0.3) is 33.5 Å². The van der Waals surface area contributed by atoms with Crippen molar-refractivity contribution < 1.29 is 32.9 Å².